The minimum absolute atomic E-state index is 0.0543. The van der Waals surface area contributed by atoms with Crippen molar-refractivity contribution >= 4 is 27.4 Å². The molecule has 0 radical (unpaired) electrons. The maximum absolute atomic E-state index is 13.0. The van der Waals surface area contributed by atoms with E-state index in [2.05, 4.69) is 0 Å². The van der Waals surface area contributed by atoms with E-state index in [-0.39, 0.29) is 4.90 Å². The molecule has 7 heteroatoms. The van der Waals surface area contributed by atoms with Gasteiger partial charge in [-0.25, -0.2) is 8.42 Å². The van der Waals surface area contributed by atoms with Gasteiger partial charge in [0.25, 0.3) is 0 Å². The third kappa shape index (κ3) is 2.74. The first-order chi connectivity index (χ1) is 11.7. The predicted octanol–water partition coefficient (Wildman–Crippen LogP) is 2.65. The lowest BCUT2D eigenvalue weighted by Gasteiger charge is -2.09. The highest BCUT2D eigenvalue weighted by Crippen LogP contribution is 2.64. The van der Waals surface area contributed by atoms with Crippen molar-refractivity contribution < 1.29 is 23.4 Å². The van der Waals surface area contributed by atoms with Gasteiger partial charge in [0.15, 0.2) is 9.84 Å². The largest absolute Gasteiger partial charge is 0.481 e. The molecule has 0 aromatic heterocycles. The summed E-state index contributed by atoms with van der Waals surface area (Å²) >= 11 is 5.86. The predicted molar refractivity (Wildman–Crippen MR) is 93.5 cm³/mol. The van der Waals surface area contributed by atoms with Crippen molar-refractivity contribution in [1.82, 2.24) is 0 Å². The molecule has 0 amide bonds. The van der Waals surface area contributed by atoms with Crippen LogP contribution in [0.2, 0.25) is 5.02 Å². The highest BCUT2D eigenvalue weighted by molar-refractivity contribution is 7.92. The minimum atomic E-state index is -3.93. The lowest BCUT2D eigenvalue weighted by molar-refractivity contribution is -0.145. The van der Waals surface area contributed by atoms with Crippen molar-refractivity contribution in [2.24, 2.45) is 5.41 Å². The van der Waals surface area contributed by atoms with Crippen molar-refractivity contribution in [2.45, 2.75) is 23.0 Å². The van der Waals surface area contributed by atoms with E-state index in [1.807, 2.05) is 6.92 Å². The summed E-state index contributed by atoms with van der Waals surface area (Å²) in [7, 11) is -3.93. The number of benzene rings is 2. The molecule has 0 spiro atoms. The average molecular weight is 381 g/mol. The van der Waals surface area contributed by atoms with Gasteiger partial charge < -0.3 is 10.2 Å². The first-order valence-electron chi connectivity index (χ1n) is 7.65. The second-order valence-corrected chi connectivity index (χ2v) is 8.82. The number of sulfone groups is 1. The van der Waals surface area contributed by atoms with E-state index in [1.165, 1.54) is 12.1 Å². The third-order valence-corrected chi connectivity index (χ3v) is 7.37. The molecule has 0 aliphatic heterocycles. The Morgan fingerprint density at radius 2 is 1.68 bits per heavy atom. The number of aliphatic carboxylic acids is 1. The standard InChI is InChI=1S/C18H17ClO5S/c1-11-2-8-14(9-3-11)25(23,24)16-15(18(16,10-20)17(21)22)12-4-6-13(19)7-5-12/h2-9,15-16,20H,10H2,1H3,(H,21,22)/t15-,16+,18+/m0/s1. The maximum Gasteiger partial charge on any atom is 0.314 e. The second-order valence-electron chi connectivity index (χ2n) is 6.31. The van der Waals surface area contributed by atoms with E-state index in [0.717, 1.165) is 5.56 Å². The SMILES string of the molecule is Cc1ccc(S(=O)(=O)[C@@H]2[C@H](c3ccc(Cl)cc3)[C@@]2(CO)C(=O)O)cc1. The minimum Gasteiger partial charge on any atom is -0.481 e. The monoisotopic (exact) mass is 380 g/mol. The van der Waals surface area contributed by atoms with Gasteiger partial charge >= 0.3 is 5.97 Å². The van der Waals surface area contributed by atoms with Gasteiger partial charge in [0.05, 0.1) is 16.8 Å². The molecule has 132 valence electrons. The van der Waals surface area contributed by atoms with Gasteiger partial charge in [-0.1, -0.05) is 41.4 Å². The van der Waals surface area contributed by atoms with Crippen LogP contribution >= 0.6 is 11.6 Å². The average Bonchev–Trinajstić information content (AvgIpc) is 3.27. The van der Waals surface area contributed by atoms with E-state index in [1.54, 1.807) is 36.4 Å². The molecule has 3 atom stereocenters. The number of carboxylic acids is 1. The molecule has 3 rings (SSSR count). The van der Waals surface area contributed by atoms with Gasteiger partial charge in [-0.2, -0.15) is 0 Å². The second kappa shape index (κ2) is 6.12. The Bertz CT molecular complexity index is 905. The number of aliphatic hydroxyl groups is 1. The molecule has 2 N–H and O–H groups in total. The van der Waals surface area contributed by atoms with Crippen LogP contribution in [0.1, 0.15) is 17.0 Å². The molecule has 0 saturated heterocycles. The van der Waals surface area contributed by atoms with E-state index < -0.39 is 39.0 Å². The summed E-state index contributed by atoms with van der Waals surface area (Å²) in [6, 6.07) is 12.6. The van der Waals surface area contributed by atoms with E-state index in [9.17, 15) is 23.4 Å². The first kappa shape index (κ1) is 17.9. The van der Waals surface area contributed by atoms with Crippen LogP contribution in [0.15, 0.2) is 53.4 Å². The molecule has 5 nitrogen and oxygen atoms in total. The molecular formula is C18H17ClO5S. The number of aliphatic hydroxyl groups excluding tert-OH is 1. The molecule has 1 saturated carbocycles. The van der Waals surface area contributed by atoms with E-state index in [0.29, 0.717) is 10.6 Å². The lowest BCUT2D eigenvalue weighted by Crippen LogP contribution is -2.27. The van der Waals surface area contributed by atoms with E-state index in [4.69, 9.17) is 11.6 Å². The lowest BCUT2D eigenvalue weighted by atomic mass is 10.0. The molecule has 1 aliphatic carbocycles. The van der Waals surface area contributed by atoms with Crippen LogP contribution < -0.4 is 0 Å². The Kier molecular flexibility index (Phi) is 4.39. The van der Waals surface area contributed by atoms with Crippen molar-refractivity contribution in [2.75, 3.05) is 6.61 Å². The van der Waals surface area contributed by atoms with Crippen LogP contribution in [0.3, 0.4) is 0 Å². The van der Waals surface area contributed by atoms with E-state index >= 15 is 0 Å². The maximum atomic E-state index is 13.0. The molecule has 1 fully saturated rings. The smallest absolute Gasteiger partial charge is 0.314 e. The summed E-state index contributed by atoms with van der Waals surface area (Å²) in [4.78, 5) is 11.9. The molecule has 25 heavy (non-hydrogen) atoms. The quantitative estimate of drug-likeness (QED) is 0.832. The van der Waals surface area contributed by atoms with Gasteiger partial charge in [-0.15, -0.1) is 0 Å². The topological polar surface area (TPSA) is 91.7 Å². The fraction of sp³-hybridized carbons (Fsp3) is 0.278. The zero-order valence-corrected chi connectivity index (χ0v) is 15.0. The summed E-state index contributed by atoms with van der Waals surface area (Å²) < 4.78 is 26.1. The summed E-state index contributed by atoms with van der Waals surface area (Å²) in [5.74, 6) is -2.16. The summed E-state index contributed by atoms with van der Waals surface area (Å²) in [5, 5.41) is 18.7. The molecule has 0 unspecified atom stereocenters. The summed E-state index contributed by atoms with van der Waals surface area (Å²) in [6.45, 7) is 1.07. The first-order valence-corrected chi connectivity index (χ1v) is 9.58. The van der Waals surface area contributed by atoms with Crippen molar-refractivity contribution in [3.8, 4) is 0 Å². The highest BCUT2D eigenvalue weighted by atomic mass is 35.5. The summed E-state index contributed by atoms with van der Waals surface area (Å²) in [5.41, 5.74) is -0.324. The Hall–Kier alpha value is -1.89. The van der Waals surface area contributed by atoms with Gasteiger partial charge in [0, 0.05) is 10.9 Å². The Morgan fingerprint density at radius 3 is 2.16 bits per heavy atom. The Balaban J connectivity index is 2.10. The van der Waals surface area contributed by atoms with Gasteiger partial charge in [-0.05, 0) is 36.8 Å². The van der Waals surface area contributed by atoms with Crippen LogP contribution in [-0.2, 0) is 14.6 Å². The van der Waals surface area contributed by atoms with Gasteiger partial charge in [-0.3, -0.25) is 4.79 Å². The molecule has 2 aromatic rings. The fourth-order valence-corrected chi connectivity index (χ4v) is 5.88. The van der Waals surface area contributed by atoms with Crippen molar-refractivity contribution in [3.63, 3.8) is 0 Å². The van der Waals surface area contributed by atoms with Crippen LogP contribution in [-0.4, -0.2) is 36.5 Å². The Labute approximate surface area is 150 Å². The number of carboxylic acid groups (broad SMARTS) is 1. The van der Waals surface area contributed by atoms with Crippen LogP contribution in [0.25, 0.3) is 0 Å². The normalized spacial score (nSPS) is 25.6. The fourth-order valence-electron chi connectivity index (χ4n) is 3.39. The van der Waals surface area contributed by atoms with Crippen LogP contribution in [0.4, 0.5) is 0 Å². The number of halogens is 1. The number of rotatable bonds is 5. The molecule has 1 aliphatic rings. The highest BCUT2D eigenvalue weighted by Gasteiger charge is 2.75. The molecule has 0 bridgehead atoms. The number of hydrogen-bond donors (Lipinski definition) is 2. The zero-order valence-electron chi connectivity index (χ0n) is 13.4. The molecule has 2 aromatic carbocycles. The van der Waals surface area contributed by atoms with Gasteiger partial charge in [0.1, 0.15) is 5.41 Å². The van der Waals surface area contributed by atoms with Crippen molar-refractivity contribution in [3.05, 3.63) is 64.7 Å². The molecular weight excluding hydrogens is 364 g/mol. The number of carbonyl (C=O) groups is 1. The van der Waals surface area contributed by atoms with Crippen LogP contribution in [0.5, 0.6) is 0 Å². The Morgan fingerprint density at radius 1 is 1.12 bits per heavy atom. The van der Waals surface area contributed by atoms with Crippen LogP contribution in [0, 0.1) is 12.3 Å². The zero-order chi connectivity index (χ0) is 18.4. The molecule has 0 heterocycles. The van der Waals surface area contributed by atoms with Gasteiger partial charge in [0.2, 0.25) is 0 Å². The third-order valence-electron chi connectivity index (χ3n) is 4.83. The van der Waals surface area contributed by atoms with Crippen molar-refractivity contribution in [1.29, 1.82) is 0 Å². The number of aryl methyl sites for hydroxylation is 1. The summed E-state index contributed by atoms with van der Waals surface area (Å²) in [6.07, 6.45) is 0. The number of hydrogen-bond acceptors (Lipinski definition) is 4.